The van der Waals surface area contributed by atoms with E-state index >= 15 is 0 Å². The van der Waals surface area contributed by atoms with Crippen LogP contribution in [0.2, 0.25) is 0 Å². The molecule has 18 rings (SSSR count). The zero-order valence-corrected chi connectivity index (χ0v) is 78.1. The summed E-state index contributed by atoms with van der Waals surface area (Å²) in [6.07, 6.45) is -4.23. The summed E-state index contributed by atoms with van der Waals surface area (Å²) in [5.41, 5.74) is 10.5. The number of nitrogens with one attached hydrogen (secondary N) is 2. The van der Waals surface area contributed by atoms with Gasteiger partial charge in [0.25, 0.3) is 0 Å². The molecule has 6 aromatic carbocycles. The molecule has 0 fully saturated rings. The van der Waals surface area contributed by atoms with Crippen LogP contribution in [0.5, 0.6) is 0 Å². The second-order valence-electron chi connectivity index (χ2n) is 36.9. The van der Waals surface area contributed by atoms with Gasteiger partial charge in [0.2, 0.25) is 0 Å². The van der Waals surface area contributed by atoms with Crippen molar-refractivity contribution in [2.45, 2.75) is 177 Å². The molecule has 28 nitrogen and oxygen atoms in total. The van der Waals surface area contributed by atoms with Gasteiger partial charge in [-0.2, -0.15) is 34.4 Å². The number of aliphatic hydroxyl groups excluding tert-OH is 3. The van der Waals surface area contributed by atoms with Crippen molar-refractivity contribution in [2.75, 3.05) is 0 Å². The largest absolute Gasteiger partial charge is 0.443 e. The van der Waals surface area contributed by atoms with Gasteiger partial charge in [-0.05, 0) is 277 Å². The normalized spacial score (nSPS) is 12.7. The third kappa shape index (κ3) is 19.7. The van der Waals surface area contributed by atoms with Crippen molar-refractivity contribution in [1.82, 2.24) is 58.2 Å². The maximum atomic E-state index is 13.5. The second kappa shape index (κ2) is 35.5. The highest BCUT2D eigenvalue weighted by Gasteiger charge is 2.35. The van der Waals surface area contributed by atoms with Crippen LogP contribution >= 0.6 is 45.3 Å². The molecule has 0 bridgehead atoms. The number of fused-ring (bicyclic) bond motifs is 8. The molecule has 0 amide bonds. The number of aromatic amines is 2. The molecule has 2 atom stereocenters. The van der Waals surface area contributed by atoms with Crippen molar-refractivity contribution in [3.63, 3.8) is 0 Å². The standard InChI is InChI=1S/C30H31N3O5S.C24H27N3O5S.C24H25N3O5S.C20H15N3OS/c1-29(2,3)37-27(35)32-21-13-12-19(25(34)18-10-8-7-9-11-18)16-20(21)17-23(32)24-26-22(14-15-39-26)33(31-24)28(36)38-30(4,5)6;2*1-23(2,3)31-21(29)26-16-8-7-14(13-28)11-15(16)12-18(26)19-20-17(9-10-33-20)27(25-19)22(30)32-24(4,5)6;24-19(12-4-2-1-3-5-12)13-6-7-15-14(10-13)11-17(21-15)18-20-16(22-23-18)8-9-25-20/h7-17,25,34H,1-6H3;7-12,28H,13H2,1-6H3;7-13H,1-6H3;1-11,19,21,24H,(H,22,23). The van der Waals surface area contributed by atoms with E-state index in [1.54, 1.807) is 203 Å². The Morgan fingerprint density at radius 1 is 0.362 bits per heavy atom. The molecule has 0 aliphatic rings. The highest BCUT2D eigenvalue weighted by Crippen LogP contribution is 2.43. The first kappa shape index (κ1) is 91.3. The molecule has 2 unspecified atom stereocenters. The molecule has 670 valence electrons. The number of nitrogens with zero attached hydrogens (tertiary/aromatic N) is 10. The first-order valence-corrected chi connectivity index (χ1v) is 45.2. The maximum absolute atomic E-state index is 13.5. The Labute approximate surface area is 762 Å². The average molecular weight is 1830 g/mol. The number of hydrogen-bond acceptors (Lipinski definition) is 24. The lowest BCUT2D eigenvalue weighted by atomic mass is 10.0. The summed E-state index contributed by atoms with van der Waals surface area (Å²) in [6, 6.07) is 55.8. The molecule has 12 aromatic heterocycles. The Morgan fingerprint density at radius 3 is 1.12 bits per heavy atom. The molecule has 32 heteroatoms. The molecule has 0 aliphatic heterocycles. The summed E-state index contributed by atoms with van der Waals surface area (Å²) >= 11 is 5.92. The van der Waals surface area contributed by atoms with Gasteiger partial charge in [0.15, 0.2) is 0 Å². The number of benzene rings is 6. The quantitative estimate of drug-likeness (QED) is 0.0627. The van der Waals surface area contributed by atoms with Crippen LogP contribution in [0.25, 0.3) is 130 Å². The molecule has 18 aromatic rings. The number of H-pyrrole nitrogens is 2. The first-order valence-electron chi connectivity index (χ1n) is 41.7. The molecular weight excluding hydrogens is 1730 g/mol. The van der Waals surface area contributed by atoms with E-state index in [4.69, 9.17) is 28.4 Å². The monoisotopic (exact) mass is 1830 g/mol. The Hall–Kier alpha value is -13.5. The number of thiophene rings is 4. The van der Waals surface area contributed by atoms with E-state index in [1.807, 2.05) is 125 Å². The van der Waals surface area contributed by atoms with E-state index in [0.717, 1.165) is 85.9 Å². The van der Waals surface area contributed by atoms with E-state index in [2.05, 4.69) is 41.9 Å². The van der Waals surface area contributed by atoms with Gasteiger partial charge in [0.05, 0.1) is 86.8 Å². The fourth-order valence-corrected chi connectivity index (χ4v) is 18.0. The van der Waals surface area contributed by atoms with Gasteiger partial charge >= 0.3 is 36.6 Å². The van der Waals surface area contributed by atoms with E-state index in [9.17, 15) is 48.9 Å². The van der Waals surface area contributed by atoms with Crippen molar-refractivity contribution in [2.24, 2.45) is 0 Å². The average Bonchev–Trinajstić information content (AvgIpc) is 1.59. The number of ether oxygens (including phenoxy) is 6. The second-order valence-corrected chi connectivity index (χ2v) is 40.5. The number of hydrogen-bond donors (Lipinski definition) is 5. The summed E-state index contributed by atoms with van der Waals surface area (Å²) in [6.45, 7) is 32.2. The lowest BCUT2D eigenvalue weighted by molar-refractivity contribution is 0.0511. The van der Waals surface area contributed by atoms with E-state index in [0.29, 0.717) is 83.8 Å². The zero-order chi connectivity index (χ0) is 93.2. The van der Waals surface area contributed by atoms with Crippen LogP contribution in [-0.2, 0) is 35.0 Å². The summed E-state index contributed by atoms with van der Waals surface area (Å²) in [5.74, 6) is 0. The number of carbonyl (C=O) groups excluding carboxylic acids is 7. The third-order valence-corrected chi connectivity index (χ3v) is 23.4. The smallest absolute Gasteiger partial charge is 0.435 e. The molecule has 0 radical (unpaired) electrons. The Kier molecular flexibility index (Phi) is 24.9. The van der Waals surface area contributed by atoms with Crippen molar-refractivity contribution in [3.8, 4) is 45.6 Å². The molecule has 0 saturated carbocycles. The van der Waals surface area contributed by atoms with Gasteiger partial charge in [-0.15, -0.1) is 45.3 Å². The Bertz CT molecular complexity index is 7340. The number of rotatable bonds is 10. The van der Waals surface area contributed by atoms with Crippen molar-refractivity contribution < 1.29 is 77.3 Å². The van der Waals surface area contributed by atoms with Crippen LogP contribution in [0.3, 0.4) is 0 Å². The van der Waals surface area contributed by atoms with Crippen LogP contribution in [0.15, 0.2) is 204 Å². The summed E-state index contributed by atoms with van der Waals surface area (Å²) in [5, 5.41) is 63.3. The molecule has 0 aliphatic carbocycles. The number of aliphatic hydroxyl groups is 3. The molecule has 0 spiro atoms. The minimum absolute atomic E-state index is 0.120. The van der Waals surface area contributed by atoms with Gasteiger partial charge in [-0.1, -0.05) is 78.9 Å². The van der Waals surface area contributed by atoms with Gasteiger partial charge in [-0.25, -0.2) is 42.5 Å². The lowest BCUT2D eigenvalue weighted by Crippen LogP contribution is -2.28. The maximum Gasteiger partial charge on any atom is 0.435 e. The Morgan fingerprint density at radius 2 is 0.715 bits per heavy atom. The fraction of sp³-hybridized carbons (Fsp3) is 0.276. The Balaban J connectivity index is 0.000000134. The van der Waals surface area contributed by atoms with Crippen LogP contribution in [0.1, 0.15) is 175 Å². The fourth-order valence-electron chi connectivity index (χ4n) is 14.5. The third-order valence-electron chi connectivity index (χ3n) is 19.8. The number of carbonyl (C=O) groups is 7. The molecule has 130 heavy (non-hydrogen) atoms. The highest BCUT2D eigenvalue weighted by atomic mass is 32.1. The molecule has 5 N–H and O–H groups in total. The summed E-state index contributed by atoms with van der Waals surface area (Å²) in [4.78, 5) is 93.4. The minimum Gasteiger partial charge on any atom is -0.443 e. The SMILES string of the molecule is CC(C)(C)OC(=O)n1nc(-c2cc3cc(C(O)c4ccccc4)ccc3n2C(=O)OC(C)(C)C)c2sccc21.CC(C)(C)OC(=O)n1nc(-c2cc3cc(C=O)ccc3n2C(=O)OC(C)(C)C)c2sccc21.CC(C)(C)OC(=O)n1nc(-c2cc3cc(CO)ccc3n2C(=O)OC(C)(C)C)c2sccc21.OC(c1ccccc1)c1ccc2[nH]c(-c3n[nH]c4ccsc34)cc2c1. The number of aromatic nitrogens is 12. The van der Waals surface area contributed by atoms with Crippen LogP contribution in [0.4, 0.5) is 28.8 Å². The topological polar surface area (TPSA) is 348 Å². The molecule has 12 heterocycles. The molecule has 0 saturated heterocycles. The molecular formula is C98H98N12O16S4. The van der Waals surface area contributed by atoms with Gasteiger partial charge in [0, 0.05) is 32.6 Å². The minimum atomic E-state index is -0.834. The lowest BCUT2D eigenvalue weighted by Gasteiger charge is -2.21. The van der Waals surface area contributed by atoms with Crippen LogP contribution < -0.4 is 0 Å². The predicted octanol–water partition coefficient (Wildman–Crippen LogP) is 24.1. The van der Waals surface area contributed by atoms with Gasteiger partial charge in [-0.3, -0.25) is 9.89 Å². The van der Waals surface area contributed by atoms with Gasteiger partial charge < -0.3 is 48.7 Å². The van der Waals surface area contributed by atoms with Crippen molar-refractivity contribution in [3.05, 3.63) is 237 Å². The predicted molar refractivity (Wildman–Crippen MR) is 509 cm³/mol. The number of aldehydes is 1. The van der Waals surface area contributed by atoms with E-state index in [-0.39, 0.29) is 6.61 Å². The zero-order valence-electron chi connectivity index (χ0n) is 74.8. The summed E-state index contributed by atoms with van der Waals surface area (Å²) < 4.78 is 45.1. The van der Waals surface area contributed by atoms with Crippen LogP contribution in [-0.4, -0.2) is 150 Å². The van der Waals surface area contributed by atoms with E-state index < -0.39 is 82.4 Å². The van der Waals surface area contributed by atoms with Gasteiger partial charge in [0.1, 0.15) is 74.9 Å². The van der Waals surface area contributed by atoms with Crippen molar-refractivity contribution >= 4 is 173 Å². The highest BCUT2D eigenvalue weighted by molar-refractivity contribution is 7.18. The van der Waals surface area contributed by atoms with E-state index in [1.165, 1.54) is 61.8 Å². The summed E-state index contributed by atoms with van der Waals surface area (Å²) in [7, 11) is 0. The first-order chi connectivity index (χ1) is 61.4. The van der Waals surface area contributed by atoms with Crippen LogP contribution in [0, 0.1) is 0 Å². The van der Waals surface area contributed by atoms with Crippen molar-refractivity contribution in [1.29, 1.82) is 0 Å².